The molecule has 1 rings (SSSR count). The molecule has 1 aromatic rings. The van der Waals surface area contributed by atoms with E-state index in [0.29, 0.717) is 11.3 Å². The number of carboxylic acids is 1. The van der Waals surface area contributed by atoms with Crippen molar-refractivity contribution in [1.29, 1.82) is 0 Å². The molecule has 0 aliphatic heterocycles. The van der Waals surface area contributed by atoms with E-state index in [0.717, 1.165) is 0 Å². The molecule has 0 fully saturated rings. The van der Waals surface area contributed by atoms with Crippen molar-refractivity contribution < 1.29 is 14.6 Å². The number of rotatable bonds is 3. The third kappa shape index (κ3) is 1.97. The summed E-state index contributed by atoms with van der Waals surface area (Å²) in [6, 6.07) is 4.81. The minimum absolute atomic E-state index is 0.196. The largest absolute Gasteiger partial charge is 0.497 e. The molecule has 0 saturated carbocycles. The molecule has 4 nitrogen and oxygen atoms in total. The zero-order valence-electron chi connectivity index (χ0n) is 7.28. The number of carboxylic acid groups (broad SMARTS) is 1. The molecule has 3 N–H and O–H groups in total. The van der Waals surface area contributed by atoms with Gasteiger partial charge in [-0.15, -0.1) is 0 Å². The maximum absolute atomic E-state index is 10.7. The zero-order chi connectivity index (χ0) is 9.84. The van der Waals surface area contributed by atoms with E-state index in [1.165, 1.54) is 13.2 Å². The van der Waals surface area contributed by atoms with E-state index in [1.54, 1.807) is 12.1 Å². The van der Waals surface area contributed by atoms with Crippen molar-refractivity contribution >= 4 is 5.97 Å². The first-order valence-electron chi connectivity index (χ1n) is 3.79. The SMILES string of the molecule is COc1ccc(CN)c(C(=O)O)c1. The average molecular weight is 181 g/mol. The fourth-order valence-corrected chi connectivity index (χ4v) is 1.06. The minimum Gasteiger partial charge on any atom is -0.497 e. The summed E-state index contributed by atoms with van der Waals surface area (Å²) in [4.78, 5) is 10.7. The Bertz CT molecular complexity index is 323. The van der Waals surface area contributed by atoms with Crippen molar-refractivity contribution in [2.24, 2.45) is 5.73 Å². The molecule has 4 heteroatoms. The molecule has 0 heterocycles. The van der Waals surface area contributed by atoms with Gasteiger partial charge in [-0.1, -0.05) is 6.07 Å². The van der Waals surface area contributed by atoms with Crippen LogP contribution in [0.3, 0.4) is 0 Å². The summed E-state index contributed by atoms with van der Waals surface area (Å²) in [6.45, 7) is 0.214. The van der Waals surface area contributed by atoms with E-state index in [1.807, 2.05) is 0 Å². The van der Waals surface area contributed by atoms with Crippen LogP contribution in [0, 0.1) is 0 Å². The predicted octanol–water partition coefficient (Wildman–Crippen LogP) is 0.852. The topological polar surface area (TPSA) is 72.5 Å². The molecule has 0 unspecified atom stereocenters. The van der Waals surface area contributed by atoms with Gasteiger partial charge < -0.3 is 15.6 Å². The molecule has 0 spiro atoms. The van der Waals surface area contributed by atoms with Gasteiger partial charge in [-0.05, 0) is 17.7 Å². The summed E-state index contributed by atoms with van der Waals surface area (Å²) in [5.74, 6) is -0.464. The predicted molar refractivity (Wildman–Crippen MR) is 47.8 cm³/mol. The maximum Gasteiger partial charge on any atom is 0.336 e. The Kier molecular flexibility index (Phi) is 2.87. The van der Waals surface area contributed by atoms with Gasteiger partial charge in [-0.3, -0.25) is 0 Å². The van der Waals surface area contributed by atoms with Crippen LogP contribution in [-0.2, 0) is 6.54 Å². The number of ether oxygens (including phenoxy) is 1. The Morgan fingerprint density at radius 2 is 2.31 bits per heavy atom. The van der Waals surface area contributed by atoms with Crippen LogP contribution in [0.2, 0.25) is 0 Å². The molecule has 0 aromatic heterocycles. The second kappa shape index (κ2) is 3.91. The van der Waals surface area contributed by atoms with Gasteiger partial charge in [0.25, 0.3) is 0 Å². The Hall–Kier alpha value is -1.55. The molecule has 0 atom stereocenters. The number of carbonyl (C=O) groups is 1. The van der Waals surface area contributed by atoms with Crippen LogP contribution in [0.25, 0.3) is 0 Å². The quantitative estimate of drug-likeness (QED) is 0.725. The van der Waals surface area contributed by atoms with Crippen LogP contribution in [0.4, 0.5) is 0 Å². The second-order valence-electron chi connectivity index (χ2n) is 2.53. The van der Waals surface area contributed by atoms with E-state index in [9.17, 15) is 4.79 Å². The first-order valence-corrected chi connectivity index (χ1v) is 3.79. The van der Waals surface area contributed by atoms with Crippen LogP contribution < -0.4 is 10.5 Å². The van der Waals surface area contributed by atoms with Crippen molar-refractivity contribution in [2.45, 2.75) is 6.54 Å². The number of methoxy groups -OCH3 is 1. The Morgan fingerprint density at radius 3 is 2.77 bits per heavy atom. The molecular formula is C9H11NO3. The Morgan fingerprint density at radius 1 is 1.62 bits per heavy atom. The van der Waals surface area contributed by atoms with Crippen LogP contribution in [-0.4, -0.2) is 18.2 Å². The summed E-state index contributed by atoms with van der Waals surface area (Å²) in [5, 5.41) is 8.81. The van der Waals surface area contributed by atoms with Crippen molar-refractivity contribution in [3.05, 3.63) is 29.3 Å². The second-order valence-corrected chi connectivity index (χ2v) is 2.53. The molecule has 70 valence electrons. The maximum atomic E-state index is 10.7. The first kappa shape index (κ1) is 9.54. The van der Waals surface area contributed by atoms with Gasteiger partial charge in [-0.2, -0.15) is 0 Å². The van der Waals surface area contributed by atoms with Crippen LogP contribution >= 0.6 is 0 Å². The lowest BCUT2D eigenvalue weighted by Gasteiger charge is -2.05. The van der Waals surface area contributed by atoms with E-state index < -0.39 is 5.97 Å². The van der Waals surface area contributed by atoms with Gasteiger partial charge in [0.2, 0.25) is 0 Å². The molecule has 13 heavy (non-hydrogen) atoms. The highest BCUT2D eigenvalue weighted by molar-refractivity contribution is 5.89. The lowest BCUT2D eigenvalue weighted by molar-refractivity contribution is 0.0695. The third-order valence-corrected chi connectivity index (χ3v) is 1.77. The summed E-state index contributed by atoms with van der Waals surface area (Å²) in [6.07, 6.45) is 0. The van der Waals surface area contributed by atoms with Gasteiger partial charge >= 0.3 is 5.97 Å². The van der Waals surface area contributed by atoms with E-state index in [-0.39, 0.29) is 12.1 Å². The number of benzene rings is 1. The van der Waals surface area contributed by atoms with Crippen molar-refractivity contribution in [1.82, 2.24) is 0 Å². The van der Waals surface area contributed by atoms with Gasteiger partial charge in [0.05, 0.1) is 12.7 Å². The molecule has 0 saturated heterocycles. The van der Waals surface area contributed by atoms with Crippen LogP contribution in [0.15, 0.2) is 18.2 Å². The van der Waals surface area contributed by atoms with Crippen LogP contribution in [0.5, 0.6) is 5.75 Å². The fraction of sp³-hybridized carbons (Fsp3) is 0.222. The number of hydrogen-bond acceptors (Lipinski definition) is 3. The third-order valence-electron chi connectivity index (χ3n) is 1.77. The van der Waals surface area contributed by atoms with Gasteiger partial charge in [0.1, 0.15) is 5.75 Å². The summed E-state index contributed by atoms with van der Waals surface area (Å²) in [7, 11) is 1.49. The molecular weight excluding hydrogens is 170 g/mol. The van der Waals surface area contributed by atoms with Crippen LogP contribution in [0.1, 0.15) is 15.9 Å². The molecule has 0 aliphatic rings. The number of hydrogen-bond donors (Lipinski definition) is 2. The summed E-state index contributed by atoms with van der Waals surface area (Å²) in [5.41, 5.74) is 6.18. The molecule has 0 bridgehead atoms. The summed E-state index contributed by atoms with van der Waals surface area (Å²) < 4.78 is 4.90. The number of nitrogens with two attached hydrogens (primary N) is 1. The van der Waals surface area contributed by atoms with Crippen molar-refractivity contribution in [3.63, 3.8) is 0 Å². The normalized spacial score (nSPS) is 9.69. The van der Waals surface area contributed by atoms with E-state index in [4.69, 9.17) is 15.6 Å². The lowest BCUT2D eigenvalue weighted by Crippen LogP contribution is -2.06. The van der Waals surface area contributed by atoms with E-state index in [2.05, 4.69) is 0 Å². The Balaban J connectivity index is 3.18. The first-order chi connectivity index (χ1) is 6.19. The van der Waals surface area contributed by atoms with Crippen molar-refractivity contribution in [2.75, 3.05) is 7.11 Å². The highest BCUT2D eigenvalue weighted by Gasteiger charge is 2.09. The smallest absolute Gasteiger partial charge is 0.336 e. The van der Waals surface area contributed by atoms with Gasteiger partial charge in [-0.25, -0.2) is 4.79 Å². The molecule has 1 aromatic carbocycles. The lowest BCUT2D eigenvalue weighted by atomic mass is 10.1. The highest BCUT2D eigenvalue weighted by Crippen LogP contribution is 2.17. The number of aromatic carboxylic acids is 1. The monoisotopic (exact) mass is 181 g/mol. The molecule has 0 radical (unpaired) electrons. The zero-order valence-corrected chi connectivity index (χ0v) is 7.28. The van der Waals surface area contributed by atoms with E-state index >= 15 is 0 Å². The highest BCUT2D eigenvalue weighted by atomic mass is 16.5. The minimum atomic E-state index is -0.987. The standard InChI is InChI=1S/C9H11NO3/c1-13-7-3-2-6(5-10)8(4-7)9(11)12/h2-4H,5,10H2,1H3,(H,11,12). The Labute approximate surface area is 75.9 Å². The molecule has 0 amide bonds. The summed E-state index contributed by atoms with van der Waals surface area (Å²) >= 11 is 0. The van der Waals surface area contributed by atoms with Gasteiger partial charge in [0.15, 0.2) is 0 Å². The fourth-order valence-electron chi connectivity index (χ4n) is 1.06. The molecule has 0 aliphatic carbocycles. The van der Waals surface area contributed by atoms with Crippen molar-refractivity contribution in [3.8, 4) is 5.75 Å². The average Bonchev–Trinajstić information content (AvgIpc) is 2.16. The van der Waals surface area contributed by atoms with Gasteiger partial charge in [0, 0.05) is 6.54 Å².